The van der Waals surface area contributed by atoms with Crippen molar-refractivity contribution >= 4 is 5.95 Å². The Hall–Kier alpha value is -1.20. The first-order valence-corrected chi connectivity index (χ1v) is 7.51. The molecule has 5 heteroatoms. The van der Waals surface area contributed by atoms with Gasteiger partial charge in [-0.05, 0) is 24.8 Å². The molecule has 2 rings (SSSR count). The quantitative estimate of drug-likeness (QED) is 0.853. The highest BCUT2D eigenvalue weighted by Crippen LogP contribution is 2.20. The molecular formula is C15H26N4O. The molecule has 2 unspecified atom stereocenters. The molecule has 1 aromatic heterocycles. The van der Waals surface area contributed by atoms with Gasteiger partial charge < -0.3 is 15.3 Å². The summed E-state index contributed by atoms with van der Waals surface area (Å²) in [7, 11) is 0. The van der Waals surface area contributed by atoms with Crippen molar-refractivity contribution in [3.63, 3.8) is 0 Å². The molecule has 112 valence electrons. The number of hydrogen-bond acceptors (Lipinski definition) is 5. The average molecular weight is 278 g/mol. The molecule has 0 saturated carbocycles. The first-order valence-electron chi connectivity index (χ1n) is 7.51. The van der Waals surface area contributed by atoms with Crippen LogP contribution in [0.25, 0.3) is 0 Å². The lowest BCUT2D eigenvalue weighted by atomic mass is 9.97. The van der Waals surface area contributed by atoms with Crippen molar-refractivity contribution < 1.29 is 5.11 Å². The second-order valence-electron chi connectivity index (χ2n) is 6.20. The van der Waals surface area contributed by atoms with Crippen molar-refractivity contribution in [2.75, 3.05) is 24.5 Å². The largest absolute Gasteiger partial charge is 0.393 e. The molecule has 0 aromatic carbocycles. The van der Waals surface area contributed by atoms with Gasteiger partial charge in [0.1, 0.15) is 0 Å². The Balaban J connectivity index is 1.88. The summed E-state index contributed by atoms with van der Waals surface area (Å²) in [6.45, 7) is 9.93. The lowest BCUT2D eigenvalue weighted by molar-refractivity contribution is 0.0966. The number of anilines is 1. The van der Waals surface area contributed by atoms with E-state index in [1.807, 2.05) is 12.4 Å². The van der Waals surface area contributed by atoms with E-state index in [1.54, 1.807) is 0 Å². The summed E-state index contributed by atoms with van der Waals surface area (Å²) in [5, 5.41) is 13.1. The maximum Gasteiger partial charge on any atom is 0.225 e. The number of hydrogen-bond donors (Lipinski definition) is 2. The maximum absolute atomic E-state index is 9.75. The molecule has 0 radical (unpaired) electrons. The number of nitrogens with one attached hydrogen (secondary N) is 1. The van der Waals surface area contributed by atoms with E-state index in [2.05, 4.69) is 41.0 Å². The molecular weight excluding hydrogens is 252 g/mol. The van der Waals surface area contributed by atoms with Crippen molar-refractivity contribution in [1.82, 2.24) is 15.3 Å². The topological polar surface area (TPSA) is 61.3 Å². The van der Waals surface area contributed by atoms with E-state index in [4.69, 9.17) is 0 Å². The predicted octanol–water partition coefficient (Wildman–Crippen LogP) is 1.43. The van der Waals surface area contributed by atoms with Gasteiger partial charge in [-0.15, -0.1) is 0 Å². The molecule has 20 heavy (non-hydrogen) atoms. The third kappa shape index (κ3) is 4.15. The molecule has 5 nitrogen and oxygen atoms in total. The number of aliphatic hydroxyl groups is 1. The van der Waals surface area contributed by atoms with Crippen molar-refractivity contribution in [3.05, 3.63) is 18.0 Å². The normalized spacial score (nSPS) is 23.4. The zero-order valence-electron chi connectivity index (χ0n) is 12.7. The predicted molar refractivity (Wildman–Crippen MR) is 80.6 cm³/mol. The fraction of sp³-hybridized carbons (Fsp3) is 0.733. The third-order valence-electron chi connectivity index (χ3n) is 3.72. The van der Waals surface area contributed by atoms with Gasteiger partial charge in [0.2, 0.25) is 5.95 Å². The lowest BCUT2D eigenvalue weighted by Crippen LogP contribution is -2.42. The summed E-state index contributed by atoms with van der Waals surface area (Å²) in [5.41, 5.74) is 1.11. The van der Waals surface area contributed by atoms with E-state index in [1.165, 1.54) is 0 Å². The van der Waals surface area contributed by atoms with Crippen LogP contribution in [-0.4, -0.2) is 40.8 Å². The number of aliphatic hydroxyl groups excluding tert-OH is 1. The highest BCUT2D eigenvalue weighted by atomic mass is 16.3. The van der Waals surface area contributed by atoms with Crippen LogP contribution in [0.2, 0.25) is 0 Å². The van der Waals surface area contributed by atoms with Gasteiger partial charge in [0.15, 0.2) is 0 Å². The summed E-state index contributed by atoms with van der Waals surface area (Å²) in [6.07, 6.45) is 4.39. The lowest BCUT2D eigenvalue weighted by Gasteiger charge is -2.34. The standard InChI is InChI=1S/C15H26N4O/c1-11(2)6-16-7-13-8-17-15(18-9-13)19-5-4-14(20)12(3)10-19/h8-9,11-12,14,16,20H,4-7,10H2,1-3H3. The summed E-state index contributed by atoms with van der Waals surface area (Å²) in [6, 6.07) is 0. The molecule has 0 aliphatic carbocycles. The zero-order valence-corrected chi connectivity index (χ0v) is 12.7. The van der Waals surface area contributed by atoms with Gasteiger partial charge in [-0.2, -0.15) is 0 Å². The van der Waals surface area contributed by atoms with Crippen molar-refractivity contribution in [2.24, 2.45) is 11.8 Å². The summed E-state index contributed by atoms with van der Waals surface area (Å²) in [4.78, 5) is 11.1. The Morgan fingerprint density at radius 3 is 2.70 bits per heavy atom. The van der Waals surface area contributed by atoms with Crippen molar-refractivity contribution in [2.45, 2.75) is 39.8 Å². The van der Waals surface area contributed by atoms with Crippen LogP contribution >= 0.6 is 0 Å². The van der Waals surface area contributed by atoms with E-state index >= 15 is 0 Å². The van der Waals surface area contributed by atoms with Gasteiger partial charge in [0.25, 0.3) is 0 Å². The van der Waals surface area contributed by atoms with Gasteiger partial charge in [-0.25, -0.2) is 9.97 Å². The van der Waals surface area contributed by atoms with Crippen LogP contribution in [0.15, 0.2) is 12.4 Å². The second-order valence-corrected chi connectivity index (χ2v) is 6.20. The van der Waals surface area contributed by atoms with E-state index in [9.17, 15) is 5.11 Å². The first kappa shape index (κ1) is 15.2. The molecule has 1 aliphatic rings. The van der Waals surface area contributed by atoms with Crippen molar-refractivity contribution in [1.29, 1.82) is 0 Å². The second kappa shape index (κ2) is 6.99. The SMILES string of the molecule is CC(C)CNCc1cnc(N2CCC(O)C(C)C2)nc1. The average Bonchev–Trinajstić information content (AvgIpc) is 2.42. The Morgan fingerprint density at radius 1 is 1.40 bits per heavy atom. The summed E-state index contributed by atoms with van der Waals surface area (Å²) < 4.78 is 0. The highest BCUT2D eigenvalue weighted by Gasteiger charge is 2.25. The number of aromatic nitrogens is 2. The fourth-order valence-corrected chi connectivity index (χ4v) is 2.42. The highest BCUT2D eigenvalue weighted by molar-refractivity contribution is 5.31. The van der Waals surface area contributed by atoms with E-state index in [-0.39, 0.29) is 12.0 Å². The molecule has 0 bridgehead atoms. The minimum atomic E-state index is -0.189. The van der Waals surface area contributed by atoms with Crippen LogP contribution in [0.3, 0.4) is 0 Å². The molecule has 1 aromatic rings. The van der Waals surface area contributed by atoms with Crippen LogP contribution in [0.5, 0.6) is 0 Å². The maximum atomic E-state index is 9.75. The minimum absolute atomic E-state index is 0.189. The van der Waals surface area contributed by atoms with Crippen molar-refractivity contribution in [3.8, 4) is 0 Å². The number of nitrogens with zero attached hydrogens (tertiary/aromatic N) is 3. The fourth-order valence-electron chi connectivity index (χ4n) is 2.42. The van der Waals surface area contributed by atoms with Gasteiger partial charge in [0.05, 0.1) is 6.10 Å². The molecule has 1 fully saturated rings. The third-order valence-corrected chi connectivity index (χ3v) is 3.72. The van der Waals surface area contributed by atoms with E-state index < -0.39 is 0 Å². The van der Waals surface area contributed by atoms with E-state index in [0.717, 1.165) is 44.1 Å². The molecule has 2 atom stereocenters. The van der Waals surface area contributed by atoms with Gasteiger partial charge in [-0.1, -0.05) is 20.8 Å². The van der Waals surface area contributed by atoms with Crippen LogP contribution in [-0.2, 0) is 6.54 Å². The molecule has 2 heterocycles. The van der Waals surface area contributed by atoms with E-state index in [0.29, 0.717) is 5.92 Å². The summed E-state index contributed by atoms with van der Waals surface area (Å²) >= 11 is 0. The van der Waals surface area contributed by atoms with Gasteiger partial charge in [0, 0.05) is 37.6 Å². The number of piperidine rings is 1. The molecule has 2 N–H and O–H groups in total. The van der Waals surface area contributed by atoms with Gasteiger partial charge in [-0.3, -0.25) is 0 Å². The molecule has 0 amide bonds. The first-order chi connectivity index (χ1) is 9.56. The summed E-state index contributed by atoms with van der Waals surface area (Å²) in [5.74, 6) is 1.70. The molecule has 1 aliphatic heterocycles. The van der Waals surface area contributed by atoms with Gasteiger partial charge >= 0.3 is 0 Å². The Labute approximate surface area is 121 Å². The van der Waals surface area contributed by atoms with Crippen LogP contribution in [0.1, 0.15) is 32.8 Å². The Kier molecular flexibility index (Phi) is 5.31. The molecule has 0 spiro atoms. The number of rotatable bonds is 5. The van der Waals surface area contributed by atoms with Crippen LogP contribution < -0.4 is 10.2 Å². The van der Waals surface area contributed by atoms with Crippen LogP contribution in [0.4, 0.5) is 5.95 Å². The van der Waals surface area contributed by atoms with Crippen LogP contribution in [0, 0.1) is 11.8 Å². The molecule has 1 saturated heterocycles. The smallest absolute Gasteiger partial charge is 0.225 e. The monoisotopic (exact) mass is 278 g/mol. The minimum Gasteiger partial charge on any atom is -0.393 e. The Morgan fingerprint density at radius 2 is 2.10 bits per heavy atom. The zero-order chi connectivity index (χ0) is 14.5. The Bertz CT molecular complexity index is 407.